The van der Waals surface area contributed by atoms with Crippen LogP contribution in [0.3, 0.4) is 0 Å². The van der Waals surface area contributed by atoms with Gasteiger partial charge in [0.05, 0.1) is 12.5 Å². The zero-order valence-corrected chi connectivity index (χ0v) is 26.2. The maximum atomic E-state index is 13.1. The second-order valence-electron chi connectivity index (χ2n) is 9.29. The predicted molar refractivity (Wildman–Crippen MR) is 160 cm³/mol. The first-order chi connectivity index (χ1) is 22.8. The zero-order chi connectivity index (χ0) is 36.1. The quantitative estimate of drug-likeness (QED) is 0.113. The minimum Gasteiger partial charge on any atom is -0.457 e. The third kappa shape index (κ3) is 14.0. The lowest BCUT2D eigenvalue weighted by Crippen LogP contribution is -2.69. The molecule has 266 valence electrons. The van der Waals surface area contributed by atoms with Crippen molar-refractivity contribution in [2.75, 3.05) is 39.6 Å². The fourth-order valence-electron chi connectivity index (χ4n) is 3.84. The van der Waals surface area contributed by atoms with E-state index in [1.54, 1.807) is 0 Å². The molecule has 18 nitrogen and oxygen atoms in total. The van der Waals surface area contributed by atoms with Gasteiger partial charge in [-0.05, 0) is 0 Å². The Kier molecular flexibility index (Phi) is 18.2. The van der Waals surface area contributed by atoms with E-state index < -0.39 is 92.4 Å². The highest BCUT2D eigenvalue weighted by molar-refractivity contribution is 5.78. The molecule has 0 aromatic heterocycles. The summed E-state index contributed by atoms with van der Waals surface area (Å²) in [6.07, 6.45) is -8.10. The maximum absolute atomic E-state index is 13.1. The van der Waals surface area contributed by atoms with Crippen LogP contribution in [0.2, 0.25) is 0 Å². The Balaban J connectivity index is 3.86. The van der Waals surface area contributed by atoms with Crippen LogP contribution in [-0.4, -0.2) is 117 Å². The van der Waals surface area contributed by atoms with Gasteiger partial charge >= 0.3 is 30.6 Å². The summed E-state index contributed by atoms with van der Waals surface area (Å²) in [5.41, 5.74) is 0. The molecule has 0 aliphatic carbocycles. The second-order valence-corrected chi connectivity index (χ2v) is 9.29. The molecule has 0 bridgehead atoms. The first-order valence-electron chi connectivity index (χ1n) is 14.0. The van der Waals surface area contributed by atoms with Crippen molar-refractivity contribution in [2.45, 2.75) is 49.6 Å². The van der Waals surface area contributed by atoms with Gasteiger partial charge in [-0.1, -0.05) is 63.3 Å². The molecular weight excluding hydrogens is 646 g/mol. The van der Waals surface area contributed by atoms with Crippen LogP contribution in [0.4, 0.5) is 19.2 Å². The molecule has 1 rings (SSSR count). The molecule has 48 heavy (non-hydrogen) atoms. The van der Waals surface area contributed by atoms with E-state index in [4.69, 9.17) is 47.4 Å². The highest BCUT2D eigenvalue weighted by atomic mass is 16.8. The van der Waals surface area contributed by atoms with Crippen molar-refractivity contribution in [1.29, 1.82) is 0 Å². The van der Waals surface area contributed by atoms with Crippen LogP contribution in [-0.2, 0) is 57.0 Å². The number of rotatable bonds is 19. The summed E-state index contributed by atoms with van der Waals surface area (Å²) in [7, 11) is 0. The fraction of sp³-hybridized carbons (Fsp3) is 0.467. The van der Waals surface area contributed by atoms with Crippen LogP contribution in [0.25, 0.3) is 0 Å². The molecule has 0 aromatic carbocycles. The van der Waals surface area contributed by atoms with Crippen LogP contribution < -0.4 is 5.32 Å². The largest absolute Gasteiger partial charge is 0.509 e. The van der Waals surface area contributed by atoms with Crippen molar-refractivity contribution in [3.63, 3.8) is 0 Å². The topological polar surface area (TPSA) is 227 Å². The molecule has 0 aromatic rings. The van der Waals surface area contributed by atoms with Crippen molar-refractivity contribution < 1.29 is 81.2 Å². The predicted octanol–water partition coefficient (Wildman–Crippen LogP) is 2.16. The summed E-state index contributed by atoms with van der Waals surface area (Å²) in [4.78, 5) is 75.6. The standard InChI is InChI=1S/C30H39NO17/c1-7-12-39-25(33)30(38)17-20(45-27(35)41-14-9-3)22(31-19(6)32)24(48-30)23(47-29(37)43-16-11-5)21(46-28(36)42-15-10-4)18-44-26(34)40-13-8-2/h7-11,20-24,38H,1-5,12-18H2,6H3,(H,31,32)/t20-,21+,22+,23+,24+,30-/m0/s1. The molecule has 18 heteroatoms. The Hall–Kier alpha value is -5.36. The van der Waals surface area contributed by atoms with Gasteiger partial charge in [-0.15, -0.1) is 0 Å². The van der Waals surface area contributed by atoms with Crippen molar-refractivity contribution in [2.24, 2.45) is 0 Å². The van der Waals surface area contributed by atoms with Gasteiger partial charge in [0.25, 0.3) is 5.79 Å². The Bertz CT molecular complexity index is 1190. The molecule has 1 aliphatic rings. The summed E-state index contributed by atoms with van der Waals surface area (Å²) in [5.74, 6) is -5.20. The number of hydrogen-bond acceptors (Lipinski definition) is 17. The lowest BCUT2D eigenvalue weighted by molar-refractivity contribution is -0.298. The van der Waals surface area contributed by atoms with Crippen molar-refractivity contribution >= 4 is 36.5 Å². The average molecular weight is 686 g/mol. The van der Waals surface area contributed by atoms with Crippen LogP contribution in [0.1, 0.15) is 13.3 Å². The van der Waals surface area contributed by atoms with Gasteiger partial charge in [0.15, 0.2) is 12.2 Å². The lowest BCUT2D eigenvalue weighted by Gasteiger charge is -2.46. The van der Waals surface area contributed by atoms with E-state index in [9.17, 15) is 33.9 Å². The summed E-state index contributed by atoms with van der Waals surface area (Å²) in [6.45, 7) is 15.4. The Morgan fingerprint density at radius 3 is 1.75 bits per heavy atom. The summed E-state index contributed by atoms with van der Waals surface area (Å²) in [5, 5.41) is 13.9. The minimum absolute atomic E-state index is 0.281. The van der Waals surface area contributed by atoms with Gasteiger partial charge in [0.1, 0.15) is 51.8 Å². The number of nitrogens with one attached hydrogen (secondary N) is 1. The molecule has 6 atom stereocenters. The highest BCUT2D eigenvalue weighted by Gasteiger charge is 2.58. The van der Waals surface area contributed by atoms with Crippen molar-refractivity contribution in [3.05, 3.63) is 63.3 Å². The molecule has 0 radical (unpaired) electrons. The molecule has 2 N–H and O–H groups in total. The van der Waals surface area contributed by atoms with Crippen molar-refractivity contribution in [1.82, 2.24) is 5.32 Å². The smallest absolute Gasteiger partial charge is 0.457 e. The Morgan fingerprint density at radius 1 is 0.750 bits per heavy atom. The van der Waals surface area contributed by atoms with Gasteiger partial charge in [0, 0.05) is 6.92 Å². The normalized spacial score (nSPS) is 20.8. The van der Waals surface area contributed by atoms with E-state index in [1.165, 1.54) is 30.4 Å². The van der Waals surface area contributed by atoms with E-state index in [0.29, 0.717) is 0 Å². The summed E-state index contributed by atoms with van der Waals surface area (Å²) in [6, 6.07) is -1.62. The monoisotopic (exact) mass is 685 g/mol. The molecule has 0 saturated carbocycles. The number of carbonyl (C=O) groups is 6. The zero-order valence-electron chi connectivity index (χ0n) is 26.2. The molecule has 0 unspecified atom stereocenters. The molecule has 1 heterocycles. The molecule has 1 amide bonds. The molecule has 1 aliphatic heterocycles. The number of ether oxygens (including phenoxy) is 10. The molecule has 1 fully saturated rings. The van der Waals surface area contributed by atoms with Crippen LogP contribution in [0.5, 0.6) is 0 Å². The third-order valence-corrected chi connectivity index (χ3v) is 5.64. The average Bonchev–Trinajstić information content (AvgIpc) is 3.05. The van der Waals surface area contributed by atoms with E-state index in [-0.39, 0.29) is 26.4 Å². The van der Waals surface area contributed by atoms with Crippen LogP contribution >= 0.6 is 0 Å². The van der Waals surface area contributed by atoms with Gasteiger partial charge in [-0.3, -0.25) is 4.79 Å². The van der Waals surface area contributed by atoms with E-state index in [2.05, 4.69) is 38.2 Å². The van der Waals surface area contributed by atoms with Crippen LogP contribution in [0, 0.1) is 0 Å². The third-order valence-electron chi connectivity index (χ3n) is 5.64. The van der Waals surface area contributed by atoms with E-state index in [1.807, 2.05) is 0 Å². The number of amides is 1. The SMILES string of the molecule is C=CCOC(=O)OC[C@@H](OC(=O)OCC=C)[C@@H](OC(=O)OCC=C)[C@@H]1O[C@](O)(C(=O)OCC=C)C[C@H](OC(=O)OCC=C)[C@H]1NC(C)=O. The first-order valence-corrected chi connectivity index (χ1v) is 14.0. The van der Waals surface area contributed by atoms with Crippen molar-refractivity contribution in [3.8, 4) is 0 Å². The molecular formula is C30H39NO17. The number of hydrogen-bond donors (Lipinski definition) is 2. The van der Waals surface area contributed by atoms with Gasteiger partial charge in [0.2, 0.25) is 5.91 Å². The number of esters is 1. The van der Waals surface area contributed by atoms with Gasteiger partial charge < -0.3 is 57.8 Å². The number of aliphatic hydroxyl groups is 1. The van der Waals surface area contributed by atoms with Gasteiger partial charge in [-0.25, -0.2) is 24.0 Å². The second kappa shape index (κ2) is 21.4. The minimum atomic E-state index is -2.99. The lowest BCUT2D eigenvalue weighted by atomic mass is 9.88. The van der Waals surface area contributed by atoms with Gasteiger partial charge in [-0.2, -0.15) is 0 Å². The summed E-state index contributed by atoms with van der Waals surface area (Å²) < 4.78 is 51.0. The number of carbonyl (C=O) groups excluding carboxylic acids is 6. The molecule has 1 saturated heterocycles. The highest BCUT2D eigenvalue weighted by Crippen LogP contribution is 2.35. The fourth-order valence-corrected chi connectivity index (χ4v) is 3.84. The first kappa shape index (κ1) is 40.7. The molecule has 0 spiro atoms. The van der Waals surface area contributed by atoms with E-state index in [0.717, 1.165) is 6.92 Å². The Labute approximate surface area is 275 Å². The maximum Gasteiger partial charge on any atom is 0.509 e. The summed E-state index contributed by atoms with van der Waals surface area (Å²) >= 11 is 0. The Morgan fingerprint density at radius 2 is 1.23 bits per heavy atom. The van der Waals surface area contributed by atoms with E-state index >= 15 is 0 Å². The van der Waals surface area contributed by atoms with Crippen LogP contribution in [0.15, 0.2) is 63.3 Å².